The first kappa shape index (κ1) is 7.73. The third kappa shape index (κ3) is 1.64. The zero-order chi connectivity index (χ0) is 9.10. The van der Waals surface area contributed by atoms with Gasteiger partial charge >= 0.3 is 0 Å². The summed E-state index contributed by atoms with van der Waals surface area (Å²) in [4.78, 5) is 8.17. The molecule has 0 saturated heterocycles. The molecule has 3 nitrogen and oxygen atoms in total. The van der Waals surface area contributed by atoms with Crippen LogP contribution in [-0.4, -0.2) is 9.97 Å². The van der Waals surface area contributed by atoms with Gasteiger partial charge in [-0.05, 0) is 12.1 Å². The Hall–Kier alpha value is -1.90. The summed E-state index contributed by atoms with van der Waals surface area (Å²) in [5, 5.41) is 0. The number of rotatable bonds is 1. The average molecular weight is 171 g/mol. The molecule has 0 spiro atoms. The molecule has 1 aromatic heterocycles. The predicted molar refractivity (Wildman–Crippen MR) is 51.9 cm³/mol. The van der Waals surface area contributed by atoms with E-state index < -0.39 is 0 Å². The number of nitrogens with zero attached hydrogens (tertiary/aromatic N) is 2. The van der Waals surface area contributed by atoms with Crippen LogP contribution in [0.25, 0.3) is 11.3 Å². The Labute approximate surface area is 76.3 Å². The van der Waals surface area contributed by atoms with Crippen LogP contribution in [0.1, 0.15) is 0 Å². The first-order valence-corrected chi connectivity index (χ1v) is 3.98. The third-order valence-corrected chi connectivity index (χ3v) is 1.77. The zero-order valence-electron chi connectivity index (χ0n) is 7.01. The van der Waals surface area contributed by atoms with Gasteiger partial charge in [0.25, 0.3) is 0 Å². The fourth-order valence-corrected chi connectivity index (χ4v) is 1.10. The molecule has 0 bridgehead atoms. The van der Waals surface area contributed by atoms with Crippen LogP contribution in [0.2, 0.25) is 0 Å². The number of hydrogen-bond donors (Lipinski definition) is 1. The van der Waals surface area contributed by atoms with E-state index in [0.29, 0.717) is 0 Å². The van der Waals surface area contributed by atoms with E-state index in [1.165, 1.54) is 0 Å². The van der Waals surface area contributed by atoms with E-state index in [1.807, 2.05) is 24.3 Å². The molecule has 2 aromatic rings. The van der Waals surface area contributed by atoms with E-state index in [-0.39, 0.29) is 0 Å². The van der Waals surface area contributed by atoms with Crippen LogP contribution < -0.4 is 5.73 Å². The van der Waals surface area contributed by atoms with Crippen LogP contribution >= 0.6 is 0 Å². The molecule has 0 amide bonds. The number of anilines is 1. The van der Waals surface area contributed by atoms with E-state index in [9.17, 15) is 0 Å². The highest BCUT2D eigenvalue weighted by molar-refractivity contribution is 5.60. The summed E-state index contributed by atoms with van der Waals surface area (Å²) in [6.07, 6.45) is 5.05. The van der Waals surface area contributed by atoms with Crippen LogP contribution in [0.4, 0.5) is 5.69 Å². The molecule has 0 aliphatic heterocycles. The second-order valence-corrected chi connectivity index (χ2v) is 2.71. The Kier molecular flexibility index (Phi) is 1.92. The highest BCUT2D eigenvalue weighted by Gasteiger charge is 1.96. The molecule has 0 radical (unpaired) electrons. The molecule has 0 saturated carbocycles. The van der Waals surface area contributed by atoms with Crippen molar-refractivity contribution in [2.24, 2.45) is 0 Å². The quantitative estimate of drug-likeness (QED) is 0.665. The maximum Gasteiger partial charge on any atom is 0.0885 e. The molecule has 0 atom stereocenters. The molecular formula is C10H9N3. The summed E-state index contributed by atoms with van der Waals surface area (Å²) < 4.78 is 0. The van der Waals surface area contributed by atoms with E-state index in [4.69, 9.17) is 5.73 Å². The van der Waals surface area contributed by atoms with Gasteiger partial charge in [0, 0.05) is 23.6 Å². The maximum absolute atomic E-state index is 5.57. The van der Waals surface area contributed by atoms with Gasteiger partial charge < -0.3 is 5.73 Å². The largest absolute Gasteiger partial charge is 0.399 e. The van der Waals surface area contributed by atoms with Crippen molar-refractivity contribution in [1.29, 1.82) is 0 Å². The maximum atomic E-state index is 5.57. The van der Waals surface area contributed by atoms with Gasteiger partial charge in [-0.3, -0.25) is 9.97 Å². The van der Waals surface area contributed by atoms with Gasteiger partial charge in [0.2, 0.25) is 0 Å². The highest BCUT2D eigenvalue weighted by atomic mass is 14.8. The Balaban J connectivity index is 2.42. The summed E-state index contributed by atoms with van der Waals surface area (Å²) in [5.74, 6) is 0. The number of nitrogen functional groups attached to an aromatic ring is 1. The number of nitrogens with two attached hydrogens (primary N) is 1. The topological polar surface area (TPSA) is 51.8 Å². The van der Waals surface area contributed by atoms with Gasteiger partial charge in [-0.25, -0.2) is 0 Å². The minimum absolute atomic E-state index is 0.757. The van der Waals surface area contributed by atoms with E-state index >= 15 is 0 Å². The van der Waals surface area contributed by atoms with Crippen molar-refractivity contribution >= 4 is 5.69 Å². The minimum atomic E-state index is 0.757. The van der Waals surface area contributed by atoms with E-state index in [2.05, 4.69) is 9.97 Å². The first-order valence-electron chi connectivity index (χ1n) is 3.98. The lowest BCUT2D eigenvalue weighted by atomic mass is 10.1. The molecule has 1 heterocycles. The molecule has 0 aliphatic carbocycles. The summed E-state index contributed by atoms with van der Waals surface area (Å²) in [6, 6.07) is 7.56. The molecule has 2 N–H and O–H groups in total. The first-order chi connectivity index (χ1) is 6.36. The smallest absolute Gasteiger partial charge is 0.0885 e. The van der Waals surface area contributed by atoms with Gasteiger partial charge in [0.15, 0.2) is 0 Å². The number of aromatic nitrogens is 2. The molecule has 0 aliphatic rings. The molecule has 0 fully saturated rings. The second-order valence-electron chi connectivity index (χ2n) is 2.71. The van der Waals surface area contributed by atoms with Crippen LogP contribution in [0, 0.1) is 0 Å². The van der Waals surface area contributed by atoms with E-state index in [0.717, 1.165) is 16.9 Å². The Morgan fingerprint density at radius 3 is 2.38 bits per heavy atom. The zero-order valence-corrected chi connectivity index (χ0v) is 7.01. The van der Waals surface area contributed by atoms with Crippen molar-refractivity contribution < 1.29 is 0 Å². The van der Waals surface area contributed by atoms with Crippen LogP contribution in [0.15, 0.2) is 42.9 Å². The Bertz CT molecular complexity index is 381. The number of benzene rings is 1. The SMILES string of the molecule is Nc1ccc(-c2cnccn2)cc1. The molecule has 3 heteroatoms. The lowest BCUT2D eigenvalue weighted by molar-refractivity contribution is 1.21. The normalized spacial score (nSPS) is 9.85. The van der Waals surface area contributed by atoms with Crippen molar-refractivity contribution in [3.63, 3.8) is 0 Å². The Morgan fingerprint density at radius 1 is 1.00 bits per heavy atom. The molecule has 64 valence electrons. The molecule has 13 heavy (non-hydrogen) atoms. The van der Waals surface area contributed by atoms with Gasteiger partial charge in [-0.2, -0.15) is 0 Å². The van der Waals surface area contributed by atoms with Crippen molar-refractivity contribution in [3.8, 4) is 11.3 Å². The Morgan fingerprint density at radius 2 is 1.77 bits per heavy atom. The average Bonchev–Trinajstić information content (AvgIpc) is 2.20. The van der Waals surface area contributed by atoms with E-state index in [1.54, 1.807) is 18.6 Å². The standard InChI is InChI=1S/C10H9N3/c11-9-3-1-8(2-4-9)10-7-12-5-6-13-10/h1-7H,11H2. The molecule has 2 rings (SSSR count). The monoisotopic (exact) mass is 171 g/mol. The lowest BCUT2D eigenvalue weighted by Gasteiger charge is -1.99. The van der Waals surface area contributed by atoms with Crippen molar-refractivity contribution in [3.05, 3.63) is 42.9 Å². The van der Waals surface area contributed by atoms with Gasteiger partial charge in [-0.1, -0.05) is 12.1 Å². The minimum Gasteiger partial charge on any atom is -0.399 e. The van der Waals surface area contributed by atoms with Gasteiger partial charge in [0.1, 0.15) is 0 Å². The van der Waals surface area contributed by atoms with Crippen LogP contribution in [-0.2, 0) is 0 Å². The van der Waals surface area contributed by atoms with Gasteiger partial charge in [0.05, 0.1) is 11.9 Å². The predicted octanol–water partition coefficient (Wildman–Crippen LogP) is 1.73. The second kappa shape index (κ2) is 3.23. The van der Waals surface area contributed by atoms with Crippen molar-refractivity contribution in [2.45, 2.75) is 0 Å². The summed E-state index contributed by atoms with van der Waals surface area (Å²) in [7, 11) is 0. The van der Waals surface area contributed by atoms with Crippen LogP contribution in [0.3, 0.4) is 0 Å². The molecule has 0 unspecified atom stereocenters. The van der Waals surface area contributed by atoms with Gasteiger partial charge in [-0.15, -0.1) is 0 Å². The van der Waals surface area contributed by atoms with Crippen LogP contribution in [0.5, 0.6) is 0 Å². The summed E-state index contributed by atoms with van der Waals surface area (Å²) in [5.41, 5.74) is 8.22. The lowest BCUT2D eigenvalue weighted by Crippen LogP contribution is -1.86. The summed E-state index contributed by atoms with van der Waals surface area (Å²) >= 11 is 0. The fraction of sp³-hybridized carbons (Fsp3) is 0. The van der Waals surface area contributed by atoms with Crippen molar-refractivity contribution in [1.82, 2.24) is 9.97 Å². The summed E-state index contributed by atoms with van der Waals surface area (Å²) in [6.45, 7) is 0. The fourth-order valence-electron chi connectivity index (χ4n) is 1.10. The highest BCUT2D eigenvalue weighted by Crippen LogP contribution is 2.16. The van der Waals surface area contributed by atoms with Crippen molar-refractivity contribution in [2.75, 3.05) is 5.73 Å². The molecule has 1 aromatic carbocycles. The third-order valence-electron chi connectivity index (χ3n) is 1.77. The molecular weight excluding hydrogens is 162 g/mol. The number of hydrogen-bond acceptors (Lipinski definition) is 3.